The molecule has 1 atom stereocenters. The van der Waals surface area contributed by atoms with Gasteiger partial charge in [-0.25, -0.2) is 8.78 Å². The van der Waals surface area contributed by atoms with Crippen molar-refractivity contribution in [1.29, 1.82) is 0 Å². The Bertz CT molecular complexity index is 565. The Labute approximate surface area is 96.8 Å². The molecule has 17 heavy (non-hydrogen) atoms. The van der Waals surface area contributed by atoms with Crippen LogP contribution in [0.1, 0.15) is 23.8 Å². The molecule has 1 unspecified atom stereocenters. The van der Waals surface area contributed by atoms with Crippen molar-refractivity contribution in [3.8, 4) is 0 Å². The fourth-order valence-electron chi connectivity index (χ4n) is 2.30. The second-order valence-corrected chi connectivity index (χ2v) is 4.47. The van der Waals surface area contributed by atoms with Crippen LogP contribution in [-0.2, 0) is 4.74 Å². The van der Waals surface area contributed by atoms with Gasteiger partial charge in [-0.1, -0.05) is 12.1 Å². The van der Waals surface area contributed by atoms with E-state index in [2.05, 4.69) is 10.2 Å². The van der Waals surface area contributed by atoms with Crippen molar-refractivity contribution in [3.63, 3.8) is 0 Å². The molecular formula is C12H12F2N2O. The second kappa shape index (κ2) is 3.50. The molecule has 3 rings (SSSR count). The molecule has 3 nitrogen and oxygen atoms in total. The van der Waals surface area contributed by atoms with Crippen LogP contribution in [0.2, 0.25) is 0 Å². The molecule has 1 N–H and O–H groups in total. The lowest BCUT2D eigenvalue weighted by Crippen LogP contribution is -2.14. The molecule has 5 heteroatoms. The number of aryl methyl sites for hydroxylation is 1. The lowest BCUT2D eigenvalue weighted by Gasteiger charge is -2.08. The molecule has 1 aromatic carbocycles. The number of fused-ring (bicyclic) bond motifs is 1. The number of alkyl halides is 2. The third kappa shape index (κ3) is 1.70. The van der Waals surface area contributed by atoms with Gasteiger partial charge in [-0.15, -0.1) is 0 Å². The number of rotatable bonds is 1. The van der Waals surface area contributed by atoms with Crippen molar-refractivity contribution in [3.05, 3.63) is 29.5 Å². The van der Waals surface area contributed by atoms with Gasteiger partial charge in [-0.05, 0) is 18.6 Å². The highest BCUT2D eigenvalue weighted by atomic mass is 19.3. The molecule has 2 aromatic rings. The van der Waals surface area contributed by atoms with Crippen LogP contribution in [0.5, 0.6) is 0 Å². The molecule has 90 valence electrons. The minimum absolute atomic E-state index is 0.279. The monoisotopic (exact) mass is 238 g/mol. The molecule has 1 aliphatic heterocycles. The third-order valence-corrected chi connectivity index (χ3v) is 3.12. The van der Waals surface area contributed by atoms with Crippen LogP contribution in [0.4, 0.5) is 8.78 Å². The number of halogens is 2. The Morgan fingerprint density at radius 3 is 3.00 bits per heavy atom. The van der Waals surface area contributed by atoms with E-state index < -0.39 is 18.6 Å². The molecule has 0 saturated carbocycles. The Hall–Kier alpha value is -1.49. The Morgan fingerprint density at radius 2 is 2.29 bits per heavy atom. The average Bonchev–Trinajstić information content (AvgIpc) is 2.82. The highest BCUT2D eigenvalue weighted by Gasteiger charge is 2.42. The number of nitrogens with one attached hydrogen (secondary N) is 1. The van der Waals surface area contributed by atoms with Crippen molar-refractivity contribution in [1.82, 2.24) is 10.2 Å². The first kappa shape index (κ1) is 10.7. The SMILES string of the molecule is Cc1cccc2n[nH]c(C3CC(F)(F)CO3)c12. The molecular weight excluding hydrogens is 226 g/mol. The third-order valence-electron chi connectivity index (χ3n) is 3.12. The molecule has 0 bridgehead atoms. The van der Waals surface area contributed by atoms with E-state index in [0.29, 0.717) is 5.69 Å². The maximum atomic E-state index is 13.1. The maximum Gasteiger partial charge on any atom is 0.273 e. The van der Waals surface area contributed by atoms with Crippen LogP contribution in [0.15, 0.2) is 18.2 Å². The van der Waals surface area contributed by atoms with Crippen LogP contribution in [0, 0.1) is 6.92 Å². The number of aromatic amines is 1. The summed E-state index contributed by atoms with van der Waals surface area (Å²) in [6.45, 7) is 1.43. The van der Waals surface area contributed by atoms with Gasteiger partial charge in [0.05, 0.1) is 11.2 Å². The van der Waals surface area contributed by atoms with E-state index >= 15 is 0 Å². The number of benzene rings is 1. The van der Waals surface area contributed by atoms with E-state index in [9.17, 15) is 8.78 Å². The van der Waals surface area contributed by atoms with Crippen molar-refractivity contribution in [2.24, 2.45) is 0 Å². The Kier molecular flexibility index (Phi) is 2.19. The van der Waals surface area contributed by atoms with Gasteiger partial charge >= 0.3 is 0 Å². The second-order valence-electron chi connectivity index (χ2n) is 4.47. The predicted octanol–water partition coefficient (Wildman–Crippen LogP) is 2.97. The van der Waals surface area contributed by atoms with E-state index in [1.54, 1.807) is 0 Å². The number of H-pyrrole nitrogens is 1. The minimum atomic E-state index is -2.73. The van der Waals surface area contributed by atoms with E-state index in [0.717, 1.165) is 16.5 Å². The maximum absolute atomic E-state index is 13.1. The summed E-state index contributed by atoms with van der Waals surface area (Å²) >= 11 is 0. The summed E-state index contributed by atoms with van der Waals surface area (Å²) in [5.41, 5.74) is 2.47. The van der Waals surface area contributed by atoms with Crippen molar-refractivity contribution >= 4 is 10.9 Å². The zero-order valence-corrected chi connectivity index (χ0v) is 9.34. The van der Waals surface area contributed by atoms with E-state index in [-0.39, 0.29) is 6.42 Å². The first-order valence-electron chi connectivity index (χ1n) is 5.50. The summed E-state index contributed by atoms with van der Waals surface area (Å²) < 4.78 is 31.4. The van der Waals surface area contributed by atoms with Crippen LogP contribution in [-0.4, -0.2) is 22.7 Å². The summed E-state index contributed by atoms with van der Waals surface area (Å²) in [5, 5.41) is 7.85. The molecule has 1 aromatic heterocycles. The first-order valence-corrected chi connectivity index (χ1v) is 5.50. The zero-order chi connectivity index (χ0) is 12.0. The number of hydrogen-bond donors (Lipinski definition) is 1. The topological polar surface area (TPSA) is 37.9 Å². The standard InChI is InChI=1S/C12H12F2N2O/c1-7-3-2-4-8-10(7)11(16-15-8)9-5-12(13,14)6-17-9/h2-4,9H,5-6H2,1H3,(H,15,16). The van der Waals surface area contributed by atoms with Gasteiger partial charge in [0.25, 0.3) is 5.92 Å². The van der Waals surface area contributed by atoms with Crippen molar-refractivity contribution in [2.75, 3.05) is 6.61 Å². The Balaban J connectivity index is 2.07. The molecule has 0 aliphatic carbocycles. The first-order chi connectivity index (χ1) is 8.07. The number of ether oxygens (including phenoxy) is 1. The van der Waals surface area contributed by atoms with Crippen LogP contribution in [0.25, 0.3) is 10.9 Å². The van der Waals surface area contributed by atoms with Gasteiger partial charge in [0.15, 0.2) is 0 Å². The van der Waals surface area contributed by atoms with Gasteiger partial charge in [0.2, 0.25) is 0 Å². The summed E-state index contributed by atoms with van der Waals surface area (Å²) in [6, 6.07) is 5.69. The van der Waals surface area contributed by atoms with Gasteiger partial charge in [-0.3, -0.25) is 5.10 Å². The highest BCUT2D eigenvalue weighted by Crippen LogP contribution is 2.40. The summed E-state index contributed by atoms with van der Waals surface area (Å²) in [6.07, 6.45) is -0.866. The van der Waals surface area contributed by atoms with Crippen LogP contribution in [0.3, 0.4) is 0 Å². The summed E-state index contributed by atoms with van der Waals surface area (Å²) in [5.74, 6) is -2.73. The lowest BCUT2D eigenvalue weighted by molar-refractivity contribution is -0.0102. The van der Waals surface area contributed by atoms with Crippen molar-refractivity contribution < 1.29 is 13.5 Å². The highest BCUT2D eigenvalue weighted by molar-refractivity contribution is 5.85. The molecule has 1 fully saturated rings. The summed E-state index contributed by atoms with van der Waals surface area (Å²) in [4.78, 5) is 0. The predicted molar refractivity (Wildman–Crippen MR) is 59.1 cm³/mol. The molecule has 0 amide bonds. The van der Waals surface area contributed by atoms with Gasteiger partial charge < -0.3 is 4.74 Å². The molecule has 0 radical (unpaired) electrons. The summed E-state index contributed by atoms with van der Waals surface area (Å²) in [7, 11) is 0. The van der Waals surface area contributed by atoms with Crippen molar-refractivity contribution in [2.45, 2.75) is 25.4 Å². The van der Waals surface area contributed by atoms with Gasteiger partial charge in [-0.2, -0.15) is 5.10 Å². The normalized spacial score (nSPS) is 23.4. The van der Waals surface area contributed by atoms with Gasteiger partial charge in [0, 0.05) is 11.8 Å². The average molecular weight is 238 g/mol. The fraction of sp³-hybridized carbons (Fsp3) is 0.417. The van der Waals surface area contributed by atoms with Crippen LogP contribution < -0.4 is 0 Å². The van der Waals surface area contributed by atoms with E-state index in [1.165, 1.54) is 0 Å². The molecule has 1 saturated heterocycles. The lowest BCUT2D eigenvalue weighted by atomic mass is 10.0. The van der Waals surface area contributed by atoms with E-state index in [4.69, 9.17) is 4.74 Å². The Morgan fingerprint density at radius 1 is 1.47 bits per heavy atom. The minimum Gasteiger partial charge on any atom is -0.365 e. The quantitative estimate of drug-likeness (QED) is 0.829. The zero-order valence-electron chi connectivity index (χ0n) is 9.34. The molecule has 0 spiro atoms. The smallest absolute Gasteiger partial charge is 0.273 e. The fourth-order valence-corrected chi connectivity index (χ4v) is 2.30. The van der Waals surface area contributed by atoms with E-state index in [1.807, 2.05) is 25.1 Å². The number of nitrogens with zero attached hydrogens (tertiary/aromatic N) is 1. The molecule has 1 aliphatic rings. The van der Waals surface area contributed by atoms with Gasteiger partial charge in [0.1, 0.15) is 12.7 Å². The largest absolute Gasteiger partial charge is 0.365 e. The number of hydrogen-bond acceptors (Lipinski definition) is 2. The van der Waals surface area contributed by atoms with Crippen LogP contribution >= 0.6 is 0 Å². The number of aromatic nitrogens is 2. The molecule has 2 heterocycles.